The molecule has 0 aromatic rings. The topological polar surface area (TPSA) is 64.4 Å². The molecule has 0 saturated carbocycles. The van der Waals surface area contributed by atoms with Gasteiger partial charge in [0.2, 0.25) is 0 Å². The van der Waals surface area contributed by atoms with E-state index in [0.29, 0.717) is 5.84 Å². The maximum absolute atomic E-state index is 5.12. The number of nitrogens with two attached hydrogens (primary N) is 2. The van der Waals surface area contributed by atoms with Crippen molar-refractivity contribution < 1.29 is 0 Å². The Kier molecular flexibility index (Phi) is 2.76. The molecule has 0 spiro atoms. The first-order valence-electron chi connectivity index (χ1n) is 1.97. The standard InChI is InChI=1S/C4H9N3/c1-2-3-4(5)7-6/h2-3H,6H2,1H3,(H2,5,7). The van der Waals surface area contributed by atoms with Gasteiger partial charge in [0, 0.05) is 0 Å². The molecule has 0 fully saturated rings. The lowest BCUT2D eigenvalue weighted by molar-refractivity contribution is 1.24. The summed E-state index contributed by atoms with van der Waals surface area (Å²) in [6.45, 7) is 1.85. The summed E-state index contributed by atoms with van der Waals surface area (Å²) in [5.41, 5.74) is 5.12. The molecular weight excluding hydrogens is 90.1 g/mol. The zero-order valence-electron chi connectivity index (χ0n) is 4.26. The third-order valence-electron chi connectivity index (χ3n) is 0.486. The van der Waals surface area contributed by atoms with Gasteiger partial charge in [-0.05, 0) is 13.0 Å². The molecule has 0 unspecified atom stereocenters. The number of amidine groups is 1. The molecule has 3 nitrogen and oxygen atoms in total. The van der Waals surface area contributed by atoms with Gasteiger partial charge in [0.25, 0.3) is 0 Å². The maximum Gasteiger partial charge on any atom is 0.142 e. The van der Waals surface area contributed by atoms with Crippen LogP contribution in [0.15, 0.2) is 17.3 Å². The van der Waals surface area contributed by atoms with E-state index in [-0.39, 0.29) is 0 Å². The zero-order chi connectivity index (χ0) is 5.70. The summed E-state index contributed by atoms with van der Waals surface area (Å²) >= 11 is 0. The Balaban J connectivity index is 3.58. The molecule has 40 valence electrons. The fraction of sp³-hybridized carbons (Fsp3) is 0.250. The number of nitrogens with zero attached hydrogens (tertiary/aromatic N) is 1. The highest BCUT2D eigenvalue weighted by Gasteiger charge is 1.72. The average Bonchev–Trinajstić information content (AvgIpc) is 1.68. The SMILES string of the molecule is CC=CC(N)=NN. The van der Waals surface area contributed by atoms with Crippen molar-refractivity contribution in [1.82, 2.24) is 0 Å². The number of allylic oxidation sites excluding steroid dienone is 1. The van der Waals surface area contributed by atoms with E-state index in [4.69, 9.17) is 11.6 Å². The molecule has 0 aliphatic carbocycles. The minimum Gasteiger partial charge on any atom is -0.382 e. The van der Waals surface area contributed by atoms with Gasteiger partial charge in [0.15, 0.2) is 0 Å². The van der Waals surface area contributed by atoms with Crippen LogP contribution in [0, 0.1) is 0 Å². The predicted molar refractivity (Wildman–Crippen MR) is 30.6 cm³/mol. The fourth-order valence-electron chi connectivity index (χ4n) is 0.214. The summed E-state index contributed by atoms with van der Waals surface area (Å²) in [4.78, 5) is 0. The molecule has 0 amide bonds. The molecule has 4 N–H and O–H groups in total. The van der Waals surface area contributed by atoms with Crippen LogP contribution in [0.4, 0.5) is 0 Å². The Labute approximate surface area is 42.7 Å². The minimum atomic E-state index is 0.350. The van der Waals surface area contributed by atoms with E-state index in [0.717, 1.165) is 0 Å². The fourth-order valence-corrected chi connectivity index (χ4v) is 0.214. The average molecular weight is 99.1 g/mol. The number of hydrogen-bond acceptors (Lipinski definition) is 2. The van der Waals surface area contributed by atoms with E-state index >= 15 is 0 Å². The highest BCUT2D eigenvalue weighted by molar-refractivity contribution is 5.90. The molecule has 0 saturated heterocycles. The van der Waals surface area contributed by atoms with Gasteiger partial charge >= 0.3 is 0 Å². The van der Waals surface area contributed by atoms with Gasteiger partial charge in [-0.25, -0.2) is 0 Å². The lowest BCUT2D eigenvalue weighted by Crippen LogP contribution is -2.09. The Bertz CT molecular complexity index is 93.1. The molecule has 0 aliphatic rings. The Morgan fingerprint density at radius 2 is 2.29 bits per heavy atom. The van der Waals surface area contributed by atoms with Crippen molar-refractivity contribution >= 4 is 5.84 Å². The van der Waals surface area contributed by atoms with Crippen LogP contribution in [-0.2, 0) is 0 Å². The molecule has 0 radical (unpaired) electrons. The molecule has 0 aliphatic heterocycles. The van der Waals surface area contributed by atoms with Gasteiger partial charge in [-0.1, -0.05) is 6.08 Å². The second-order valence-electron chi connectivity index (χ2n) is 1.05. The summed E-state index contributed by atoms with van der Waals surface area (Å²) < 4.78 is 0. The van der Waals surface area contributed by atoms with Crippen LogP contribution in [0.25, 0.3) is 0 Å². The first kappa shape index (κ1) is 6.01. The van der Waals surface area contributed by atoms with Crippen LogP contribution in [-0.4, -0.2) is 5.84 Å². The van der Waals surface area contributed by atoms with E-state index < -0.39 is 0 Å². The van der Waals surface area contributed by atoms with Crippen LogP contribution in [0.3, 0.4) is 0 Å². The van der Waals surface area contributed by atoms with Gasteiger partial charge in [-0.3, -0.25) is 0 Å². The Morgan fingerprint density at radius 1 is 1.71 bits per heavy atom. The lowest BCUT2D eigenvalue weighted by atomic mass is 10.5. The van der Waals surface area contributed by atoms with Crippen molar-refractivity contribution in [2.45, 2.75) is 6.92 Å². The van der Waals surface area contributed by atoms with Gasteiger partial charge in [0.05, 0.1) is 0 Å². The Morgan fingerprint density at radius 3 is 2.43 bits per heavy atom. The second-order valence-corrected chi connectivity index (χ2v) is 1.05. The Hall–Kier alpha value is -0.990. The third kappa shape index (κ3) is 2.82. The van der Waals surface area contributed by atoms with E-state index in [1.165, 1.54) is 0 Å². The number of hydrogen-bond donors (Lipinski definition) is 2. The van der Waals surface area contributed by atoms with Crippen LogP contribution in [0.5, 0.6) is 0 Å². The molecule has 0 heterocycles. The first-order valence-corrected chi connectivity index (χ1v) is 1.97. The number of rotatable bonds is 1. The first-order chi connectivity index (χ1) is 3.31. The number of hydrazone groups is 1. The van der Waals surface area contributed by atoms with E-state index in [1.807, 2.05) is 6.92 Å². The van der Waals surface area contributed by atoms with Gasteiger partial charge < -0.3 is 11.6 Å². The zero-order valence-corrected chi connectivity index (χ0v) is 4.26. The largest absolute Gasteiger partial charge is 0.382 e. The van der Waals surface area contributed by atoms with E-state index in [9.17, 15) is 0 Å². The van der Waals surface area contributed by atoms with E-state index in [1.54, 1.807) is 12.2 Å². The lowest BCUT2D eigenvalue weighted by Gasteiger charge is -1.81. The third-order valence-corrected chi connectivity index (χ3v) is 0.486. The van der Waals surface area contributed by atoms with Crippen molar-refractivity contribution in [2.75, 3.05) is 0 Å². The molecule has 0 atom stereocenters. The molecule has 0 bridgehead atoms. The molecule has 0 aromatic heterocycles. The van der Waals surface area contributed by atoms with Crippen LogP contribution < -0.4 is 11.6 Å². The van der Waals surface area contributed by atoms with Crippen LogP contribution in [0.1, 0.15) is 6.92 Å². The summed E-state index contributed by atoms with van der Waals surface area (Å²) in [5.74, 6) is 5.12. The molecular formula is C4H9N3. The highest BCUT2D eigenvalue weighted by atomic mass is 15.1. The van der Waals surface area contributed by atoms with Crippen molar-refractivity contribution in [3.8, 4) is 0 Å². The van der Waals surface area contributed by atoms with Crippen molar-refractivity contribution in [2.24, 2.45) is 16.7 Å². The van der Waals surface area contributed by atoms with Gasteiger partial charge in [0.1, 0.15) is 5.84 Å². The molecule has 0 rings (SSSR count). The summed E-state index contributed by atoms with van der Waals surface area (Å²) in [7, 11) is 0. The summed E-state index contributed by atoms with van der Waals surface area (Å²) in [6.07, 6.45) is 3.39. The minimum absolute atomic E-state index is 0.350. The van der Waals surface area contributed by atoms with Crippen molar-refractivity contribution in [3.05, 3.63) is 12.2 Å². The maximum atomic E-state index is 5.12. The van der Waals surface area contributed by atoms with Gasteiger partial charge in [-0.2, -0.15) is 5.10 Å². The molecule has 7 heavy (non-hydrogen) atoms. The summed E-state index contributed by atoms with van der Waals surface area (Å²) in [6, 6.07) is 0. The van der Waals surface area contributed by atoms with E-state index in [2.05, 4.69) is 5.10 Å². The quantitative estimate of drug-likeness (QED) is 0.207. The van der Waals surface area contributed by atoms with Crippen molar-refractivity contribution in [3.63, 3.8) is 0 Å². The highest BCUT2D eigenvalue weighted by Crippen LogP contribution is 1.66. The summed E-state index contributed by atoms with van der Waals surface area (Å²) in [5, 5.41) is 3.19. The van der Waals surface area contributed by atoms with Crippen LogP contribution in [0.2, 0.25) is 0 Å². The van der Waals surface area contributed by atoms with Gasteiger partial charge in [-0.15, -0.1) is 0 Å². The normalized spacial score (nSPS) is 13.0. The predicted octanol–water partition coefficient (Wildman–Crippen LogP) is -0.207. The molecule has 3 heteroatoms. The smallest absolute Gasteiger partial charge is 0.142 e. The van der Waals surface area contributed by atoms with Crippen LogP contribution >= 0.6 is 0 Å². The molecule has 0 aromatic carbocycles. The second kappa shape index (κ2) is 3.21. The monoisotopic (exact) mass is 99.1 g/mol. The van der Waals surface area contributed by atoms with Crippen molar-refractivity contribution in [1.29, 1.82) is 0 Å².